The zero-order valence-corrected chi connectivity index (χ0v) is 17.3. The summed E-state index contributed by atoms with van der Waals surface area (Å²) in [6.45, 7) is 4.15. The van der Waals surface area contributed by atoms with Crippen molar-refractivity contribution in [1.82, 2.24) is 14.8 Å². The number of rotatable bonds is 8. The summed E-state index contributed by atoms with van der Waals surface area (Å²) in [6, 6.07) is 14.6. The van der Waals surface area contributed by atoms with Gasteiger partial charge in [0, 0.05) is 17.7 Å². The third-order valence-electron chi connectivity index (χ3n) is 4.29. The molecule has 29 heavy (non-hydrogen) atoms. The fourth-order valence-corrected chi connectivity index (χ4v) is 3.65. The van der Waals surface area contributed by atoms with E-state index in [9.17, 15) is 9.59 Å². The van der Waals surface area contributed by atoms with Crippen LogP contribution in [0.4, 0.5) is 5.69 Å². The van der Waals surface area contributed by atoms with E-state index in [1.807, 2.05) is 35.8 Å². The van der Waals surface area contributed by atoms with Gasteiger partial charge >= 0.3 is 0 Å². The molecule has 0 radical (unpaired) electrons. The first-order chi connectivity index (χ1) is 14.0. The molecular weight excluding hydrogens is 388 g/mol. The van der Waals surface area contributed by atoms with Crippen molar-refractivity contribution in [3.8, 4) is 17.1 Å². The average molecular weight is 410 g/mol. The molecule has 0 bridgehead atoms. The summed E-state index contributed by atoms with van der Waals surface area (Å²) in [7, 11) is 1.62. The molecule has 2 aromatic carbocycles. The Morgan fingerprint density at radius 1 is 1.10 bits per heavy atom. The summed E-state index contributed by atoms with van der Waals surface area (Å²) in [5, 5.41) is 12.0. The first-order valence-corrected chi connectivity index (χ1v) is 10.1. The third kappa shape index (κ3) is 4.83. The maximum Gasteiger partial charge on any atom is 0.234 e. The van der Waals surface area contributed by atoms with Gasteiger partial charge in [-0.15, -0.1) is 10.2 Å². The maximum absolute atomic E-state index is 12.4. The largest absolute Gasteiger partial charge is 0.497 e. The molecule has 0 aliphatic carbocycles. The zero-order valence-electron chi connectivity index (χ0n) is 16.5. The summed E-state index contributed by atoms with van der Waals surface area (Å²) in [6.07, 6.45) is 0. The quantitative estimate of drug-likeness (QED) is 0.448. The minimum absolute atomic E-state index is 0.0941. The number of para-hydroxylation sites is 1. The van der Waals surface area contributed by atoms with Crippen LogP contribution in [0.3, 0.4) is 0 Å². The molecular formula is C21H22N4O3S. The number of nitrogens with one attached hydrogen (secondary N) is 1. The van der Waals surface area contributed by atoms with Crippen LogP contribution < -0.4 is 10.1 Å². The number of amides is 1. The average Bonchev–Trinajstić information content (AvgIpc) is 3.15. The molecule has 3 aromatic rings. The Kier molecular flexibility index (Phi) is 6.66. The van der Waals surface area contributed by atoms with E-state index in [4.69, 9.17) is 4.74 Å². The van der Waals surface area contributed by atoms with E-state index < -0.39 is 0 Å². The molecule has 0 unspecified atom stereocenters. The van der Waals surface area contributed by atoms with E-state index >= 15 is 0 Å². The Morgan fingerprint density at radius 3 is 2.48 bits per heavy atom. The highest BCUT2D eigenvalue weighted by molar-refractivity contribution is 7.99. The standard InChI is InChI=1S/C21H22N4O3S/c1-4-25-20(15-9-11-16(28-3)12-10-15)23-24-21(25)29-13-19(27)22-18-8-6-5-7-17(18)14(2)26/h5-12H,4,13H2,1-3H3,(H,22,27). The Morgan fingerprint density at radius 2 is 1.83 bits per heavy atom. The van der Waals surface area contributed by atoms with Crippen molar-refractivity contribution in [2.75, 3.05) is 18.2 Å². The van der Waals surface area contributed by atoms with E-state index in [0.717, 1.165) is 17.1 Å². The lowest BCUT2D eigenvalue weighted by Gasteiger charge is -2.10. The van der Waals surface area contributed by atoms with Crippen molar-refractivity contribution in [1.29, 1.82) is 0 Å². The molecule has 1 heterocycles. The topological polar surface area (TPSA) is 86.1 Å². The summed E-state index contributed by atoms with van der Waals surface area (Å²) < 4.78 is 7.15. The Balaban J connectivity index is 1.70. The number of aromatic nitrogens is 3. The van der Waals surface area contributed by atoms with Gasteiger partial charge in [0.25, 0.3) is 0 Å². The van der Waals surface area contributed by atoms with Gasteiger partial charge in [-0.3, -0.25) is 9.59 Å². The molecule has 0 saturated carbocycles. The number of hydrogen-bond acceptors (Lipinski definition) is 6. The number of hydrogen-bond donors (Lipinski definition) is 1. The highest BCUT2D eigenvalue weighted by Crippen LogP contribution is 2.26. The zero-order chi connectivity index (χ0) is 20.8. The summed E-state index contributed by atoms with van der Waals surface area (Å²) in [5.74, 6) is 1.37. The van der Waals surface area contributed by atoms with Crippen molar-refractivity contribution < 1.29 is 14.3 Å². The summed E-state index contributed by atoms with van der Waals surface area (Å²) >= 11 is 1.30. The van der Waals surface area contributed by atoms with E-state index in [-0.39, 0.29) is 17.4 Å². The Hall–Kier alpha value is -3.13. The number of ether oxygens (including phenoxy) is 1. The number of Topliss-reactive ketones (excluding diaryl/α,β-unsaturated/α-hetero) is 1. The van der Waals surface area contributed by atoms with E-state index in [0.29, 0.717) is 23.0 Å². The first kappa shape index (κ1) is 20.6. The lowest BCUT2D eigenvalue weighted by atomic mass is 10.1. The summed E-state index contributed by atoms with van der Waals surface area (Å²) in [5.41, 5.74) is 1.93. The van der Waals surface area contributed by atoms with Gasteiger partial charge in [-0.25, -0.2) is 0 Å². The molecule has 0 fully saturated rings. The van der Waals surface area contributed by atoms with Crippen molar-refractivity contribution in [3.05, 3.63) is 54.1 Å². The van der Waals surface area contributed by atoms with Crippen molar-refractivity contribution in [3.63, 3.8) is 0 Å². The molecule has 7 nitrogen and oxygen atoms in total. The molecule has 8 heteroatoms. The second-order valence-corrected chi connectivity index (χ2v) is 7.16. The minimum Gasteiger partial charge on any atom is -0.497 e. The fourth-order valence-electron chi connectivity index (χ4n) is 2.85. The van der Waals surface area contributed by atoms with Crippen LogP contribution in [0.2, 0.25) is 0 Å². The molecule has 1 N–H and O–H groups in total. The van der Waals surface area contributed by atoms with E-state index in [1.54, 1.807) is 31.4 Å². The Labute approximate surface area is 173 Å². The molecule has 0 saturated heterocycles. The van der Waals surface area contributed by atoms with Gasteiger partial charge in [-0.05, 0) is 50.2 Å². The molecule has 0 aliphatic heterocycles. The van der Waals surface area contributed by atoms with Crippen LogP contribution in [0.25, 0.3) is 11.4 Å². The number of methoxy groups -OCH3 is 1. The number of ketones is 1. The van der Waals surface area contributed by atoms with Gasteiger partial charge in [0.1, 0.15) is 5.75 Å². The highest BCUT2D eigenvalue weighted by atomic mass is 32.2. The van der Waals surface area contributed by atoms with Crippen LogP contribution in [-0.4, -0.2) is 39.3 Å². The molecule has 1 amide bonds. The predicted octanol–water partition coefficient (Wildman–Crippen LogP) is 3.91. The lowest BCUT2D eigenvalue weighted by Crippen LogP contribution is -2.16. The Bertz CT molecular complexity index is 1020. The third-order valence-corrected chi connectivity index (χ3v) is 5.26. The number of carbonyl (C=O) groups is 2. The van der Waals surface area contributed by atoms with Crippen LogP contribution in [0.15, 0.2) is 53.7 Å². The molecule has 150 valence electrons. The molecule has 3 rings (SSSR count). The van der Waals surface area contributed by atoms with Gasteiger partial charge in [-0.2, -0.15) is 0 Å². The van der Waals surface area contributed by atoms with Gasteiger partial charge in [-0.1, -0.05) is 23.9 Å². The maximum atomic E-state index is 12.4. The fraction of sp³-hybridized carbons (Fsp3) is 0.238. The second-order valence-electron chi connectivity index (χ2n) is 6.22. The molecule has 0 aliphatic rings. The molecule has 0 atom stereocenters. The van der Waals surface area contributed by atoms with Crippen molar-refractivity contribution >= 4 is 29.1 Å². The number of thioether (sulfide) groups is 1. The minimum atomic E-state index is -0.208. The van der Waals surface area contributed by atoms with Gasteiger partial charge in [0.15, 0.2) is 16.8 Å². The van der Waals surface area contributed by atoms with Crippen molar-refractivity contribution in [2.24, 2.45) is 0 Å². The van der Waals surface area contributed by atoms with E-state index in [1.165, 1.54) is 18.7 Å². The highest BCUT2D eigenvalue weighted by Gasteiger charge is 2.16. The van der Waals surface area contributed by atoms with Gasteiger partial charge < -0.3 is 14.6 Å². The lowest BCUT2D eigenvalue weighted by molar-refractivity contribution is -0.113. The normalized spacial score (nSPS) is 10.6. The first-order valence-electron chi connectivity index (χ1n) is 9.13. The molecule has 1 aromatic heterocycles. The van der Waals surface area contributed by atoms with Gasteiger partial charge in [0.05, 0.1) is 18.6 Å². The second kappa shape index (κ2) is 9.38. The smallest absolute Gasteiger partial charge is 0.234 e. The van der Waals surface area contributed by atoms with Crippen LogP contribution in [0, 0.1) is 0 Å². The number of nitrogens with zero attached hydrogens (tertiary/aromatic N) is 3. The number of anilines is 1. The van der Waals surface area contributed by atoms with E-state index in [2.05, 4.69) is 15.5 Å². The molecule has 0 spiro atoms. The monoisotopic (exact) mass is 410 g/mol. The van der Waals surface area contributed by atoms with Crippen molar-refractivity contribution in [2.45, 2.75) is 25.5 Å². The van der Waals surface area contributed by atoms with Crippen LogP contribution >= 0.6 is 11.8 Å². The SMILES string of the molecule is CCn1c(SCC(=O)Nc2ccccc2C(C)=O)nnc1-c1ccc(OC)cc1. The van der Waals surface area contributed by atoms with Gasteiger partial charge in [0.2, 0.25) is 5.91 Å². The number of benzene rings is 2. The van der Waals surface area contributed by atoms with Crippen LogP contribution in [0.5, 0.6) is 5.75 Å². The summed E-state index contributed by atoms with van der Waals surface area (Å²) in [4.78, 5) is 24.1. The number of carbonyl (C=O) groups excluding carboxylic acids is 2. The van der Waals surface area contributed by atoms with Crippen LogP contribution in [0.1, 0.15) is 24.2 Å². The predicted molar refractivity (Wildman–Crippen MR) is 113 cm³/mol. The van der Waals surface area contributed by atoms with Crippen LogP contribution in [-0.2, 0) is 11.3 Å².